The number of unbranched alkanes of at least 4 members (excludes halogenated alkanes) is 11. The molecule has 1 aliphatic rings. The van der Waals surface area contributed by atoms with Crippen molar-refractivity contribution in [3.05, 3.63) is 22.7 Å². The monoisotopic (exact) mass is 555 g/mol. The van der Waals surface area contributed by atoms with Gasteiger partial charge in [0.15, 0.2) is 6.23 Å². The molecule has 1 aliphatic heterocycles. The minimum absolute atomic E-state index is 0.0638. The smallest absolute Gasteiger partial charge is 0.351 e. The number of aromatic nitrogens is 2. The first-order chi connectivity index (χ1) is 18.9. The predicted octanol–water partition coefficient (Wildman–Crippen LogP) is 2.05. The van der Waals surface area contributed by atoms with E-state index in [2.05, 4.69) is 17.2 Å². The summed E-state index contributed by atoms with van der Waals surface area (Å²) in [6.45, 7) is 1.22. The number of nitrogens with one attached hydrogen (secondary N) is 1. The highest BCUT2D eigenvalue weighted by molar-refractivity contribution is 5.90. The first kappa shape index (κ1) is 32.8. The lowest BCUT2D eigenvalue weighted by molar-refractivity contribution is -0.149. The molecule has 1 aromatic rings. The largest absolute Gasteiger partial charge is 0.464 e. The first-order valence-electron chi connectivity index (χ1n) is 14.1. The second kappa shape index (κ2) is 18.8. The Balaban J connectivity index is 1.52. The van der Waals surface area contributed by atoms with Gasteiger partial charge in [-0.15, -0.1) is 0 Å². The molecule has 0 bridgehead atoms. The lowest BCUT2D eigenvalue weighted by Gasteiger charge is -2.17. The van der Waals surface area contributed by atoms with Crippen molar-refractivity contribution in [2.75, 3.05) is 31.7 Å². The summed E-state index contributed by atoms with van der Waals surface area (Å²) in [7, 11) is 0. The molecule has 2 rings (SSSR count). The van der Waals surface area contributed by atoms with Crippen LogP contribution in [0.1, 0.15) is 90.2 Å². The molecule has 0 aliphatic carbocycles. The van der Waals surface area contributed by atoms with Crippen LogP contribution in [0.25, 0.3) is 0 Å². The van der Waals surface area contributed by atoms with E-state index in [-0.39, 0.29) is 12.4 Å². The van der Waals surface area contributed by atoms with E-state index in [0.29, 0.717) is 6.61 Å². The van der Waals surface area contributed by atoms with Gasteiger partial charge in [-0.3, -0.25) is 9.36 Å². The van der Waals surface area contributed by atoms with Gasteiger partial charge >= 0.3 is 11.7 Å². The Labute approximate surface area is 229 Å². The van der Waals surface area contributed by atoms with E-state index in [1.807, 2.05) is 0 Å². The van der Waals surface area contributed by atoms with Crippen LogP contribution in [0, 0.1) is 0 Å². The molecule has 39 heavy (non-hydrogen) atoms. The third kappa shape index (κ3) is 12.1. The number of aliphatic hydroxyl groups is 3. The van der Waals surface area contributed by atoms with Crippen LogP contribution in [0.2, 0.25) is 0 Å². The molecule has 12 nitrogen and oxygen atoms in total. The Kier molecular flexibility index (Phi) is 15.8. The lowest BCUT2D eigenvalue weighted by Crippen LogP contribution is -2.36. The number of anilines is 1. The topological polar surface area (TPSA) is 169 Å². The highest BCUT2D eigenvalue weighted by Gasteiger charge is 2.43. The SMILES string of the molecule is CCCCCCCCCCCCCCOC(=O)COCC(=O)Nc1ccn([C@@H]2O[C@H](CO)[C@@H](O)[C@@H]2O)c(=O)n1. The van der Waals surface area contributed by atoms with Crippen LogP contribution in [-0.2, 0) is 23.8 Å². The van der Waals surface area contributed by atoms with E-state index in [9.17, 15) is 29.7 Å². The Hall–Kier alpha value is -2.38. The molecule has 1 aromatic heterocycles. The third-order valence-corrected chi connectivity index (χ3v) is 6.60. The first-order valence-corrected chi connectivity index (χ1v) is 14.1. The Morgan fingerprint density at radius 2 is 1.59 bits per heavy atom. The number of hydrogen-bond acceptors (Lipinski definition) is 10. The fraction of sp³-hybridized carbons (Fsp3) is 0.778. The van der Waals surface area contributed by atoms with Crippen LogP contribution in [0.15, 0.2) is 17.1 Å². The van der Waals surface area contributed by atoms with Crippen LogP contribution in [-0.4, -0.2) is 81.5 Å². The van der Waals surface area contributed by atoms with Gasteiger partial charge in [-0.1, -0.05) is 77.6 Å². The second-order valence-electron chi connectivity index (χ2n) is 9.88. The number of ether oxygens (including phenoxy) is 3. The summed E-state index contributed by atoms with van der Waals surface area (Å²) in [5.41, 5.74) is -0.843. The van der Waals surface area contributed by atoms with Crippen LogP contribution in [0.3, 0.4) is 0 Å². The van der Waals surface area contributed by atoms with Gasteiger partial charge in [-0.05, 0) is 12.5 Å². The summed E-state index contributed by atoms with van der Waals surface area (Å²) >= 11 is 0. The zero-order valence-electron chi connectivity index (χ0n) is 23.0. The molecule has 0 radical (unpaired) electrons. The summed E-state index contributed by atoms with van der Waals surface area (Å²) in [5.74, 6) is -1.24. The molecular weight excluding hydrogens is 510 g/mol. The van der Waals surface area contributed by atoms with E-state index < -0.39 is 55.3 Å². The average Bonchev–Trinajstić information content (AvgIpc) is 3.20. The van der Waals surface area contributed by atoms with Gasteiger partial charge in [-0.25, -0.2) is 9.59 Å². The van der Waals surface area contributed by atoms with Gasteiger partial charge in [0.25, 0.3) is 5.91 Å². The number of aliphatic hydroxyl groups excluding tert-OH is 3. The van der Waals surface area contributed by atoms with Crippen molar-refractivity contribution in [2.24, 2.45) is 0 Å². The Morgan fingerprint density at radius 3 is 2.15 bits per heavy atom. The van der Waals surface area contributed by atoms with Gasteiger partial charge in [0.2, 0.25) is 0 Å². The van der Waals surface area contributed by atoms with Gasteiger partial charge < -0.3 is 34.8 Å². The van der Waals surface area contributed by atoms with Crippen molar-refractivity contribution in [1.29, 1.82) is 0 Å². The van der Waals surface area contributed by atoms with Gasteiger partial charge in [-0.2, -0.15) is 4.98 Å². The highest BCUT2D eigenvalue weighted by atomic mass is 16.6. The van der Waals surface area contributed by atoms with Gasteiger partial charge in [0.05, 0.1) is 13.2 Å². The molecule has 1 saturated heterocycles. The van der Waals surface area contributed by atoms with E-state index in [0.717, 1.165) is 23.8 Å². The maximum Gasteiger partial charge on any atom is 0.351 e. The highest BCUT2D eigenvalue weighted by Crippen LogP contribution is 2.28. The number of hydrogen-bond donors (Lipinski definition) is 4. The number of esters is 1. The number of carbonyl (C=O) groups excluding carboxylic acids is 2. The second-order valence-corrected chi connectivity index (χ2v) is 9.88. The quantitative estimate of drug-likeness (QED) is 0.138. The Morgan fingerprint density at radius 1 is 0.974 bits per heavy atom. The molecule has 0 aromatic carbocycles. The fourth-order valence-corrected chi connectivity index (χ4v) is 4.36. The standard InChI is InChI=1S/C27H45N3O9/c1-2-3-4-5-6-7-8-9-10-11-12-13-16-38-23(33)19-37-18-22(32)28-21-14-15-30(27(36)29-21)26-25(35)24(34)20(17-31)39-26/h14-15,20,24-26,31,34-35H,2-13,16-19H2,1H3,(H,28,29,32,36)/t20-,24-,25+,26-/m1/s1. The minimum atomic E-state index is -1.44. The number of nitrogens with zero attached hydrogens (tertiary/aromatic N) is 2. The lowest BCUT2D eigenvalue weighted by atomic mass is 10.1. The molecule has 222 valence electrons. The van der Waals surface area contributed by atoms with Gasteiger partial charge in [0.1, 0.15) is 37.3 Å². The van der Waals surface area contributed by atoms with Crippen LogP contribution >= 0.6 is 0 Å². The molecule has 0 saturated carbocycles. The average molecular weight is 556 g/mol. The van der Waals surface area contributed by atoms with Crippen LogP contribution in [0.4, 0.5) is 5.82 Å². The van der Waals surface area contributed by atoms with Crippen molar-refractivity contribution in [3.63, 3.8) is 0 Å². The molecular formula is C27H45N3O9. The molecule has 0 unspecified atom stereocenters. The van der Waals surface area contributed by atoms with Crippen molar-refractivity contribution >= 4 is 17.7 Å². The minimum Gasteiger partial charge on any atom is -0.464 e. The van der Waals surface area contributed by atoms with E-state index in [4.69, 9.17) is 14.2 Å². The number of rotatable bonds is 20. The third-order valence-electron chi connectivity index (χ3n) is 6.60. The van der Waals surface area contributed by atoms with Crippen molar-refractivity contribution < 1.29 is 39.1 Å². The maximum atomic E-state index is 12.3. The normalized spacial score (nSPS) is 20.7. The molecule has 1 amide bonds. The van der Waals surface area contributed by atoms with Gasteiger partial charge in [0, 0.05) is 6.20 Å². The number of amides is 1. The van der Waals surface area contributed by atoms with Crippen LogP contribution < -0.4 is 11.0 Å². The zero-order chi connectivity index (χ0) is 28.5. The van der Waals surface area contributed by atoms with E-state index in [1.165, 1.54) is 70.1 Å². The summed E-state index contributed by atoms with van der Waals surface area (Å²) < 4.78 is 16.4. The summed E-state index contributed by atoms with van der Waals surface area (Å²) in [5, 5.41) is 31.4. The van der Waals surface area contributed by atoms with E-state index >= 15 is 0 Å². The molecule has 1 fully saturated rings. The van der Waals surface area contributed by atoms with Crippen LogP contribution in [0.5, 0.6) is 0 Å². The molecule has 12 heteroatoms. The zero-order valence-corrected chi connectivity index (χ0v) is 23.0. The number of carbonyl (C=O) groups is 2. The fourth-order valence-electron chi connectivity index (χ4n) is 4.36. The molecule has 0 spiro atoms. The summed E-state index contributed by atoms with van der Waals surface area (Å²) in [6.07, 6.45) is 10.8. The van der Waals surface area contributed by atoms with E-state index in [1.54, 1.807) is 0 Å². The van der Waals surface area contributed by atoms with Crippen molar-refractivity contribution in [2.45, 2.75) is 109 Å². The molecule has 2 heterocycles. The van der Waals surface area contributed by atoms with Crippen molar-refractivity contribution in [1.82, 2.24) is 9.55 Å². The molecule has 4 N–H and O–H groups in total. The summed E-state index contributed by atoms with van der Waals surface area (Å²) in [6, 6.07) is 1.30. The maximum absolute atomic E-state index is 12.3. The Bertz CT molecular complexity index is 911. The molecule has 4 atom stereocenters. The van der Waals surface area contributed by atoms with Crippen molar-refractivity contribution in [3.8, 4) is 0 Å². The predicted molar refractivity (Wildman–Crippen MR) is 143 cm³/mol. The summed E-state index contributed by atoms with van der Waals surface area (Å²) in [4.78, 5) is 39.8.